The van der Waals surface area contributed by atoms with Crippen molar-refractivity contribution in [3.8, 4) is 0 Å². The summed E-state index contributed by atoms with van der Waals surface area (Å²) < 4.78 is 2.05. The van der Waals surface area contributed by atoms with Crippen molar-refractivity contribution < 1.29 is 4.79 Å². The molecule has 16 heavy (non-hydrogen) atoms. The zero-order valence-electron chi connectivity index (χ0n) is 8.83. The van der Waals surface area contributed by atoms with Gasteiger partial charge in [0.15, 0.2) is 0 Å². The summed E-state index contributed by atoms with van der Waals surface area (Å²) in [6, 6.07) is 7.82. The number of fused-ring (bicyclic) bond motifs is 1. The number of allylic oxidation sites excluding steroid dienone is 1. The van der Waals surface area contributed by atoms with E-state index in [4.69, 9.17) is 0 Å². The van der Waals surface area contributed by atoms with Crippen LogP contribution in [-0.4, -0.2) is 34.6 Å². The minimum absolute atomic E-state index is 0.0453. The topological polar surface area (TPSA) is 47.8 Å². The molecule has 0 atom stereocenters. The molecule has 0 aliphatic carbocycles. The molecule has 4 nitrogen and oxygen atoms in total. The van der Waals surface area contributed by atoms with Crippen LogP contribution in [0.4, 0.5) is 0 Å². The first kappa shape index (κ1) is 11.0. The van der Waals surface area contributed by atoms with Gasteiger partial charge in [-0.25, -0.2) is 0 Å². The molecule has 0 saturated carbocycles. The van der Waals surface area contributed by atoms with Crippen LogP contribution >= 0.6 is 0 Å². The van der Waals surface area contributed by atoms with Crippen LogP contribution in [0.5, 0.6) is 0 Å². The van der Waals surface area contributed by atoms with Gasteiger partial charge in [-0.15, -0.1) is 0 Å². The molecule has 0 bridgehead atoms. The SMILES string of the molecule is CC(=O)[Se]/C=C/Cn1nnc2ccccc21. The van der Waals surface area contributed by atoms with E-state index < -0.39 is 0 Å². The molecule has 0 spiro atoms. The molecular formula is C11H11N3OSe. The second-order valence-corrected chi connectivity index (χ2v) is 5.51. The molecule has 0 saturated heterocycles. The van der Waals surface area contributed by atoms with Gasteiger partial charge >= 0.3 is 99.2 Å². The molecule has 2 rings (SSSR count). The Balaban J connectivity index is 2.10. The van der Waals surface area contributed by atoms with E-state index in [1.807, 2.05) is 40.0 Å². The molecule has 0 aliphatic rings. The summed E-state index contributed by atoms with van der Waals surface area (Å²) in [5, 5.41) is 8.10. The van der Waals surface area contributed by atoms with Gasteiger partial charge in [0, 0.05) is 0 Å². The van der Waals surface area contributed by atoms with E-state index in [0.29, 0.717) is 6.54 Å². The number of aromatic nitrogens is 3. The van der Waals surface area contributed by atoms with Crippen molar-refractivity contribution in [3.63, 3.8) is 0 Å². The number of carbonyl (C=O) groups is 1. The number of carbonyl (C=O) groups excluding carboxylic acids is 1. The molecule has 1 aromatic carbocycles. The summed E-state index contributed by atoms with van der Waals surface area (Å²) in [6.45, 7) is 2.27. The van der Waals surface area contributed by atoms with Crippen molar-refractivity contribution in [1.82, 2.24) is 15.0 Å². The fourth-order valence-electron chi connectivity index (χ4n) is 1.34. The zero-order chi connectivity index (χ0) is 11.4. The fraction of sp³-hybridized carbons (Fsp3) is 0.182. The summed E-state index contributed by atoms with van der Waals surface area (Å²) >= 11 is -0.0453. The first-order valence-electron chi connectivity index (χ1n) is 4.88. The standard InChI is InChI=1S/C11H11N3OSe/c1-9(15)16-8-4-7-14-11-6-3-2-5-10(11)12-13-14/h2-6,8H,7H2,1H3/b8-4+. The molecule has 2 aromatic rings. The first-order valence-corrected chi connectivity index (χ1v) is 6.72. The predicted octanol–water partition coefficient (Wildman–Crippen LogP) is 1.20. The summed E-state index contributed by atoms with van der Waals surface area (Å²) in [7, 11) is 0. The molecule has 82 valence electrons. The van der Waals surface area contributed by atoms with Gasteiger partial charge in [-0.05, 0) is 0 Å². The predicted molar refractivity (Wildman–Crippen MR) is 63.1 cm³/mol. The van der Waals surface area contributed by atoms with Crippen LogP contribution in [0.3, 0.4) is 0 Å². The van der Waals surface area contributed by atoms with Crippen LogP contribution in [0.25, 0.3) is 11.0 Å². The molecular weight excluding hydrogens is 269 g/mol. The Morgan fingerprint density at radius 2 is 2.31 bits per heavy atom. The fourth-order valence-corrected chi connectivity index (χ4v) is 2.12. The second kappa shape index (κ2) is 5.05. The van der Waals surface area contributed by atoms with E-state index >= 15 is 0 Å². The van der Waals surface area contributed by atoms with Gasteiger partial charge < -0.3 is 0 Å². The monoisotopic (exact) mass is 281 g/mol. The third kappa shape index (κ3) is 2.56. The van der Waals surface area contributed by atoms with E-state index in [2.05, 4.69) is 10.3 Å². The number of hydrogen-bond acceptors (Lipinski definition) is 3. The quantitative estimate of drug-likeness (QED) is 0.791. The molecule has 0 fully saturated rings. The molecule has 5 heteroatoms. The average Bonchev–Trinajstić information content (AvgIpc) is 2.68. The number of rotatable bonds is 4. The zero-order valence-corrected chi connectivity index (χ0v) is 10.5. The van der Waals surface area contributed by atoms with E-state index in [-0.39, 0.29) is 19.6 Å². The van der Waals surface area contributed by atoms with Crippen LogP contribution in [-0.2, 0) is 11.3 Å². The van der Waals surface area contributed by atoms with Crippen LogP contribution in [0.1, 0.15) is 6.92 Å². The van der Waals surface area contributed by atoms with Gasteiger partial charge in [0.25, 0.3) is 0 Å². The Hall–Kier alpha value is -1.45. The molecule has 0 amide bonds. The summed E-state index contributed by atoms with van der Waals surface area (Å²) in [5.74, 6) is 0. The normalized spacial score (nSPS) is 11.3. The molecule has 1 aromatic heterocycles. The van der Waals surface area contributed by atoms with Crippen LogP contribution in [0.2, 0.25) is 0 Å². The Morgan fingerprint density at radius 3 is 3.12 bits per heavy atom. The maximum absolute atomic E-state index is 10.8. The van der Waals surface area contributed by atoms with E-state index in [9.17, 15) is 4.79 Å². The summed E-state index contributed by atoms with van der Waals surface area (Å²) in [6.07, 6.45) is 1.96. The Bertz CT molecular complexity index is 533. The average molecular weight is 280 g/mol. The Morgan fingerprint density at radius 1 is 1.50 bits per heavy atom. The molecule has 1 heterocycles. The maximum atomic E-state index is 10.8. The number of nitrogens with zero attached hydrogens (tertiary/aromatic N) is 3. The minimum atomic E-state index is -0.0453. The molecule has 0 aliphatic heterocycles. The third-order valence-corrected chi connectivity index (χ3v) is 3.41. The van der Waals surface area contributed by atoms with Crippen LogP contribution in [0, 0.1) is 0 Å². The van der Waals surface area contributed by atoms with Gasteiger partial charge in [-0.1, -0.05) is 0 Å². The molecule has 0 radical (unpaired) electrons. The summed E-state index contributed by atoms with van der Waals surface area (Å²) in [5.41, 5.74) is 1.91. The van der Waals surface area contributed by atoms with E-state index in [1.54, 1.807) is 6.92 Å². The van der Waals surface area contributed by atoms with Gasteiger partial charge in [0.2, 0.25) is 0 Å². The van der Waals surface area contributed by atoms with Crippen molar-refractivity contribution in [2.24, 2.45) is 0 Å². The van der Waals surface area contributed by atoms with E-state index in [0.717, 1.165) is 11.0 Å². The van der Waals surface area contributed by atoms with Gasteiger partial charge in [0.05, 0.1) is 0 Å². The Labute approximate surface area is 99.5 Å². The Kier molecular flexibility index (Phi) is 3.49. The van der Waals surface area contributed by atoms with Crippen LogP contribution < -0.4 is 0 Å². The number of para-hydroxylation sites is 1. The number of benzene rings is 1. The first-order chi connectivity index (χ1) is 7.77. The number of hydrogen-bond donors (Lipinski definition) is 0. The molecule has 0 N–H and O–H groups in total. The van der Waals surface area contributed by atoms with Crippen LogP contribution in [0.15, 0.2) is 35.3 Å². The molecule has 0 unspecified atom stereocenters. The van der Waals surface area contributed by atoms with E-state index in [1.165, 1.54) is 0 Å². The third-order valence-electron chi connectivity index (χ3n) is 2.03. The van der Waals surface area contributed by atoms with Crippen molar-refractivity contribution in [2.45, 2.75) is 13.5 Å². The second-order valence-electron chi connectivity index (χ2n) is 3.24. The van der Waals surface area contributed by atoms with Crippen molar-refractivity contribution in [1.29, 1.82) is 0 Å². The van der Waals surface area contributed by atoms with Gasteiger partial charge in [-0.3, -0.25) is 0 Å². The van der Waals surface area contributed by atoms with Crippen molar-refractivity contribution in [3.05, 3.63) is 35.3 Å². The van der Waals surface area contributed by atoms with Crippen molar-refractivity contribution in [2.75, 3.05) is 0 Å². The van der Waals surface area contributed by atoms with Gasteiger partial charge in [-0.2, -0.15) is 0 Å². The van der Waals surface area contributed by atoms with Gasteiger partial charge in [0.1, 0.15) is 0 Å². The summed E-state index contributed by atoms with van der Waals surface area (Å²) in [4.78, 5) is 12.7. The van der Waals surface area contributed by atoms with Crippen molar-refractivity contribution >= 4 is 30.7 Å².